The number of aromatic nitrogens is 5. The van der Waals surface area contributed by atoms with Crippen molar-refractivity contribution in [2.24, 2.45) is 0 Å². The van der Waals surface area contributed by atoms with Gasteiger partial charge in [-0.3, -0.25) is 4.98 Å². The first-order valence-electron chi connectivity index (χ1n) is 8.81. The fraction of sp³-hybridized carbons (Fsp3) is 0.368. The van der Waals surface area contributed by atoms with Crippen molar-refractivity contribution in [2.75, 3.05) is 26.0 Å². The summed E-state index contributed by atoms with van der Waals surface area (Å²) in [6.45, 7) is 4.93. The molecule has 3 rings (SSSR count). The van der Waals surface area contributed by atoms with Crippen LogP contribution in [0.25, 0.3) is 5.82 Å². The summed E-state index contributed by atoms with van der Waals surface area (Å²) in [4.78, 5) is 15.2. The predicted octanol–water partition coefficient (Wildman–Crippen LogP) is 3.54. The number of halogens is 1. The fourth-order valence-corrected chi connectivity index (χ4v) is 3.11. The van der Waals surface area contributed by atoms with Crippen molar-refractivity contribution < 1.29 is 0 Å². The molecule has 0 saturated heterocycles. The monoisotopic (exact) mass is 429 g/mol. The second kappa shape index (κ2) is 8.58. The molecule has 0 radical (unpaired) electrons. The maximum absolute atomic E-state index is 4.55. The molecule has 0 aliphatic carbocycles. The second-order valence-electron chi connectivity index (χ2n) is 6.73. The zero-order valence-corrected chi connectivity index (χ0v) is 17.6. The van der Waals surface area contributed by atoms with E-state index in [1.807, 2.05) is 36.9 Å². The van der Waals surface area contributed by atoms with Crippen LogP contribution in [0.4, 0.5) is 5.82 Å². The Kier molecular flexibility index (Phi) is 6.18. The van der Waals surface area contributed by atoms with Crippen molar-refractivity contribution >= 4 is 21.7 Å². The first kappa shape index (κ1) is 19.4. The molecule has 0 aliphatic rings. The van der Waals surface area contributed by atoms with Crippen molar-refractivity contribution in [3.63, 3.8) is 0 Å². The molecule has 0 aromatic carbocycles. The van der Waals surface area contributed by atoms with Crippen LogP contribution in [0.5, 0.6) is 0 Å². The third kappa shape index (κ3) is 4.70. The Labute approximate surface area is 168 Å². The van der Waals surface area contributed by atoms with Gasteiger partial charge in [0, 0.05) is 18.5 Å². The minimum Gasteiger partial charge on any atom is -0.363 e. The number of aryl methyl sites for hydroxylation is 1. The van der Waals surface area contributed by atoms with Gasteiger partial charge in [-0.2, -0.15) is 5.10 Å². The summed E-state index contributed by atoms with van der Waals surface area (Å²) in [5, 5.41) is 8.08. The highest BCUT2D eigenvalue weighted by Crippen LogP contribution is 2.25. The lowest BCUT2D eigenvalue weighted by Gasteiger charge is -2.21. The molecule has 3 heterocycles. The first-order valence-corrected chi connectivity index (χ1v) is 9.60. The number of pyridine rings is 1. The lowest BCUT2D eigenvalue weighted by atomic mass is 10.1. The normalized spacial score (nSPS) is 12.4. The molecule has 1 atom stereocenters. The van der Waals surface area contributed by atoms with Gasteiger partial charge in [-0.1, -0.05) is 6.07 Å². The molecule has 0 spiro atoms. The Morgan fingerprint density at radius 3 is 2.70 bits per heavy atom. The molecule has 1 unspecified atom stereocenters. The Bertz CT molecular complexity index is 892. The van der Waals surface area contributed by atoms with Gasteiger partial charge in [-0.05, 0) is 68.5 Å². The molecule has 0 amide bonds. The lowest BCUT2D eigenvalue weighted by Crippen LogP contribution is -2.20. The standard InChI is InChI=1S/C19H24BrN7/c1-13-19(20)14(2)27(25-13)18-10-17(22-12-23-18)24-16(7-9-26(3)4)15-6-5-8-21-11-15/h5-6,8,10-12,16H,7,9H2,1-4H3,(H,22,23,24). The molecule has 0 saturated carbocycles. The van der Waals surface area contributed by atoms with Crippen LogP contribution in [0, 0.1) is 13.8 Å². The molecule has 27 heavy (non-hydrogen) atoms. The molecule has 3 aromatic rings. The molecule has 0 bridgehead atoms. The van der Waals surface area contributed by atoms with Gasteiger partial charge >= 0.3 is 0 Å². The van der Waals surface area contributed by atoms with Crippen LogP contribution in [-0.2, 0) is 0 Å². The number of rotatable bonds is 7. The zero-order valence-electron chi connectivity index (χ0n) is 16.0. The number of nitrogens with zero attached hydrogens (tertiary/aromatic N) is 6. The van der Waals surface area contributed by atoms with Crippen molar-refractivity contribution in [1.82, 2.24) is 29.6 Å². The van der Waals surface area contributed by atoms with E-state index in [9.17, 15) is 0 Å². The zero-order chi connectivity index (χ0) is 19.4. The first-order chi connectivity index (χ1) is 13.0. The molecule has 8 heteroatoms. The van der Waals surface area contributed by atoms with Crippen LogP contribution in [0.15, 0.2) is 41.4 Å². The molecule has 0 aliphatic heterocycles. The van der Waals surface area contributed by atoms with Gasteiger partial charge in [-0.25, -0.2) is 14.6 Å². The molecular formula is C19H24BrN7. The molecule has 0 fully saturated rings. The number of nitrogens with one attached hydrogen (secondary N) is 1. The Morgan fingerprint density at radius 1 is 1.26 bits per heavy atom. The smallest absolute Gasteiger partial charge is 0.159 e. The van der Waals surface area contributed by atoms with Crippen molar-refractivity contribution in [3.8, 4) is 5.82 Å². The molecular weight excluding hydrogens is 406 g/mol. The van der Waals surface area contributed by atoms with Gasteiger partial charge in [0.15, 0.2) is 5.82 Å². The molecule has 142 valence electrons. The van der Waals surface area contributed by atoms with E-state index >= 15 is 0 Å². The van der Waals surface area contributed by atoms with E-state index in [2.05, 4.69) is 66.4 Å². The SMILES string of the molecule is Cc1nn(-c2cc(NC(CCN(C)C)c3cccnc3)ncn2)c(C)c1Br. The highest BCUT2D eigenvalue weighted by Gasteiger charge is 2.15. The van der Waals surface area contributed by atoms with Crippen LogP contribution in [0.3, 0.4) is 0 Å². The fourth-order valence-electron chi connectivity index (χ4n) is 2.86. The highest BCUT2D eigenvalue weighted by molar-refractivity contribution is 9.10. The van der Waals surface area contributed by atoms with Gasteiger partial charge in [0.25, 0.3) is 0 Å². The van der Waals surface area contributed by atoms with Crippen LogP contribution >= 0.6 is 15.9 Å². The van der Waals surface area contributed by atoms with E-state index in [4.69, 9.17) is 0 Å². The van der Waals surface area contributed by atoms with E-state index < -0.39 is 0 Å². The quantitative estimate of drug-likeness (QED) is 0.618. The maximum atomic E-state index is 4.55. The van der Waals surface area contributed by atoms with E-state index in [0.717, 1.165) is 46.0 Å². The second-order valence-corrected chi connectivity index (χ2v) is 7.53. The largest absolute Gasteiger partial charge is 0.363 e. The summed E-state index contributed by atoms with van der Waals surface area (Å²) in [7, 11) is 4.15. The third-order valence-corrected chi connectivity index (χ3v) is 5.49. The van der Waals surface area contributed by atoms with E-state index in [0.29, 0.717) is 0 Å². The van der Waals surface area contributed by atoms with Crippen LogP contribution in [0.1, 0.15) is 29.4 Å². The Balaban J connectivity index is 1.87. The molecule has 7 nitrogen and oxygen atoms in total. The Hall–Kier alpha value is -2.32. The summed E-state index contributed by atoms with van der Waals surface area (Å²) < 4.78 is 2.82. The maximum Gasteiger partial charge on any atom is 0.159 e. The van der Waals surface area contributed by atoms with E-state index in [-0.39, 0.29) is 6.04 Å². The summed E-state index contributed by atoms with van der Waals surface area (Å²) in [5.74, 6) is 1.49. The Morgan fingerprint density at radius 2 is 2.07 bits per heavy atom. The third-order valence-electron chi connectivity index (χ3n) is 4.35. The summed E-state index contributed by atoms with van der Waals surface area (Å²) >= 11 is 3.57. The van der Waals surface area contributed by atoms with Gasteiger partial charge in [0.2, 0.25) is 0 Å². The lowest BCUT2D eigenvalue weighted by molar-refractivity contribution is 0.387. The van der Waals surface area contributed by atoms with Gasteiger partial charge in [0.1, 0.15) is 12.1 Å². The van der Waals surface area contributed by atoms with Crippen molar-refractivity contribution in [2.45, 2.75) is 26.3 Å². The van der Waals surface area contributed by atoms with Crippen LogP contribution < -0.4 is 5.32 Å². The molecule has 1 N–H and O–H groups in total. The van der Waals surface area contributed by atoms with Crippen LogP contribution in [0.2, 0.25) is 0 Å². The number of anilines is 1. The van der Waals surface area contributed by atoms with Crippen molar-refractivity contribution in [3.05, 3.63) is 58.3 Å². The summed E-state index contributed by atoms with van der Waals surface area (Å²) in [6.07, 6.45) is 6.18. The average molecular weight is 430 g/mol. The number of hydrogen-bond donors (Lipinski definition) is 1. The number of hydrogen-bond acceptors (Lipinski definition) is 6. The van der Waals surface area contributed by atoms with E-state index in [1.165, 1.54) is 0 Å². The van der Waals surface area contributed by atoms with Gasteiger partial charge in [-0.15, -0.1) is 0 Å². The summed E-state index contributed by atoms with van der Waals surface area (Å²) in [5.41, 5.74) is 3.07. The van der Waals surface area contributed by atoms with Crippen LogP contribution in [-0.4, -0.2) is 50.3 Å². The highest BCUT2D eigenvalue weighted by atomic mass is 79.9. The molecule has 3 aromatic heterocycles. The van der Waals surface area contributed by atoms with E-state index in [1.54, 1.807) is 12.5 Å². The minimum absolute atomic E-state index is 0.107. The predicted molar refractivity (Wildman–Crippen MR) is 110 cm³/mol. The summed E-state index contributed by atoms with van der Waals surface area (Å²) in [6, 6.07) is 6.07. The van der Waals surface area contributed by atoms with Gasteiger partial charge in [0.05, 0.1) is 21.9 Å². The average Bonchev–Trinajstić information content (AvgIpc) is 2.93. The van der Waals surface area contributed by atoms with Crippen molar-refractivity contribution in [1.29, 1.82) is 0 Å². The van der Waals surface area contributed by atoms with Gasteiger partial charge < -0.3 is 10.2 Å². The topological polar surface area (TPSA) is 71.8 Å². The minimum atomic E-state index is 0.107.